The highest BCUT2D eigenvalue weighted by Crippen LogP contribution is 2.32. The van der Waals surface area contributed by atoms with Gasteiger partial charge in [0, 0.05) is 37.8 Å². The number of hydrogen-bond acceptors (Lipinski definition) is 7. The molecule has 34 heavy (non-hydrogen) atoms. The lowest BCUT2D eigenvalue weighted by Gasteiger charge is -2.25. The van der Waals surface area contributed by atoms with Gasteiger partial charge in [-0.2, -0.15) is 0 Å². The predicted octanol–water partition coefficient (Wildman–Crippen LogP) is 3.48. The maximum Gasteiger partial charge on any atom is 0.223 e. The van der Waals surface area contributed by atoms with Crippen molar-refractivity contribution >= 4 is 17.2 Å². The van der Waals surface area contributed by atoms with Crippen LogP contribution in [0.15, 0.2) is 60.9 Å². The number of imidazole rings is 1. The summed E-state index contributed by atoms with van der Waals surface area (Å²) >= 11 is 0. The minimum absolute atomic E-state index is 0.0205. The van der Waals surface area contributed by atoms with Crippen molar-refractivity contribution in [1.82, 2.24) is 29.7 Å². The number of H-pyrrole nitrogens is 1. The van der Waals surface area contributed by atoms with Gasteiger partial charge in [-0.15, -0.1) is 0 Å². The van der Waals surface area contributed by atoms with E-state index >= 15 is 0 Å². The molecule has 1 atom stereocenters. The van der Waals surface area contributed by atoms with E-state index in [9.17, 15) is 4.79 Å². The first-order chi connectivity index (χ1) is 16.7. The lowest BCUT2D eigenvalue weighted by atomic mass is 10.1. The van der Waals surface area contributed by atoms with E-state index in [1.54, 1.807) is 7.11 Å². The molecular weight excluding hydrogens is 428 g/mol. The maximum atomic E-state index is 11.4. The van der Waals surface area contributed by atoms with Gasteiger partial charge < -0.3 is 14.5 Å². The highest BCUT2D eigenvalue weighted by Gasteiger charge is 2.28. The molecule has 1 unspecified atom stereocenters. The second-order valence-electron chi connectivity index (χ2n) is 8.48. The quantitative estimate of drug-likeness (QED) is 0.426. The molecule has 1 aliphatic rings. The third-order valence-electron chi connectivity index (χ3n) is 6.37. The van der Waals surface area contributed by atoms with Crippen molar-refractivity contribution < 1.29 is 9.53 Å². The van der Waals surface area contributed by atoms with Gasteiger partial charge in [-0.05, 0) is 30.7 Å². The summed E-state index contributed by atoms with van der Waals surface area (Å²) in [5, 5.41) is 1.04. The average molecular weight is 457 g/mol. The molecule has 1 aliphatic heterocycles. The van der Waals surface area contributed by atoms with Crippen LogP contribution < -0.4 is 4.74 Å². The van der Waals surface area contributed by atoms with Crippen LogP contribution in [0.3, 0.4) is 0 Å². The third kappa shape index (κ3) is 4.69. The van der Waals surface area contributed by atoms with Gasteiger partial charge in [0.25, 0.3) is 0 Å². The van der Waals surface area contributed by atoms with Crippen LogP contribution in [0.4, 0.5) is 0 Å². The number of benzene rings is 1. The molecule has 8 nitrogen and oxygen atoms in total. The molecule has 0 spiro atoms. The summed E-state index contributed by atoms with van der Waals surface area (Å²) in [6, 6.07) is 16.1. The second-order valence-corrected chi connectivity index (χ2v) is 8.48. The fourth-order valence-corrected chi connectivity index (χ4v) is 4.62. The van der Waals surface area contributed by atoms with Crippen LogP contribution >= 0.6 is 0 Å². The minimum Gasteiger partial charge on any atom is -0.480 e. The van der Waals surface area contributed by atoms with Gasteiger partial charge in [-0.25, -0.2) is 9.97 Å². The predicted molar refractivity (Wildman–Crippen MR) is 130 cm³/mol. The fraction of sp³-hybridized carbons (Fsp3) is 0.308. The zero-order valence-electron chi connectivity index (χ0n) is 19.2. The van der Waals surface area contributed by atoms with Crippen LogP contribution in [0.1, 0.15) is 24.0 Å². The third-order valence-corrected chi connectivity index (χ3v) is 6.37. The minimum atomic E-state index is 0.0205. The number of carbonyl (C=O) groups excluding carboxylic acids is 1. The Labute approximate surface area is 198 Å². The summed E-state index contributed by atoms with van der Waals surface area (Å²) in [5.41, 5.74) is 3.66. The number of carbonyl (C=O) groups is 1. The smallest absolute Gasteiger partial charge is 0.223 e. The van der Waals surface area contributed by atoms with Crippen LogP contribution in [-0.2, 0) is 11.3 Å². The Morgan fingerprint density at radius 3 is 2.82 bits per heavy atom. The van der Waals surface area contributed by atoms with Crippen LogP contribution in [0.25, 0.3) is 22.2 Å². The van der Waals surface area contributed by atoms with Crippen molar-refractivity contribution in [3.8, 4) is 17.1 Å². The van der Waals surface area contributed by atoms with E-state index in [2.05, 4.69) is 36.9 Å². The van der Waals surface area contributed by atoms with Gasteiger partial charge in [0.2, 0.25) is 5.88 Å². The van der Waals surface area contributed by atoms with Gasteiger partial charge in [0.15, 0.2) is 0 Å². The number of fused-ring (bicyclic) bond motifs is 1. The molecule has 1 N–H and O–H groups in total. The zero-order valence-corrected chi connectivity index (χ0v) is 19.2. The van der Waals surface area contributed by atoms with Gasteiger partial charge in [0.1, 0.15) is 12.1 Å². The second kappa shape index (κ2) is 10.1. The molecule has 0 amide bonds. The van der Waals surface area contributed by atoms with Crippen LogP contribution in [0.2, 0.25) is 0 Å². The monoisotopic (exact) mass is 456 g/mol. The van der Waals surface area contributed by atoms with Crippen molar-refractivity contribution in [2.24, 2.45) is 0 Å². The summed E-state index contributed by atoms with van der Waals surface area (Å²) < 4.78 is 5.58. The van der Waals surface area contributed by atoms with Crippen molar-refractivity contribution in [3.63, 3.8) is 0 Å². The number of rotatable bonds is 7. The van der Waals surface area contributed by atoms with Crippen molar-refractivity contribution in [3.05, 3.63) is 72.4 Å². The lowest BCUT2D eigenvalue weighted by Crippen LogP contribution is -2.33. The summed E-state index contributed by atoms with van der Waals surface area (Å²) in [4.78, 5) is 33.4. The molecule has 4 aromatic rings. The number of aromatic nitrogens is 4. The normalized spacial score (nSPS) is 17.5. The molecule has 1 fully saturated rings. The molecule has 0 aliphatic carbocycles. The summed E-state index contributed by atoms with van der Waals surface area (Å²) in [7, 11) is 1.63. The molecule has 1 saturated heterocycles. The van der Waals surface area contributed by atoms with Gasteiger partial charge >= 0.3 is 0 Å². The number of hydrogen-bond donors (Lipinski definition) is 1. The summed E-state index contributed by atoms with van der Waals surface area (Å²) in [6.45, 7) is 3.72. The number of aromatic amines is 1. The number of para-hydroxylation sites is 1. The number of pyridine rings is 2. The Kier molecular flexibility index (Phi) is 6.60. The van der Waals surface area contributed by atoms with Crippen molar-refractivity contribution in [2.75, 3.05) is 33.3 Å². The van der Waals surface area contributed by atoms with Gasteiger partial charge in [0.05, 0.1) is 48.4 Å². The zero-order chi connectivity index (χ0) is 23.3. The number of nitrogens with one attached hydrogen (secondary N) is 1. The maximum absolute atomic E-state index is 11.4. The first-order valence-electron chi connectivity index (χ1n) is 11.5. The van der Waals surface area contributed by atoms with E-state index in [-0.39, 0.29) is 6.04 Å². The highest BCUT2D eigenvalue weighted by molar-refractivity contribution is 5.85. The first kappa shape index (κ1) is 22.2. The average Bonchev–Trinajstić information content (AvgIpc) is 3.28. The standard InChI is InChI=1S/C26H28N6O2/c1-34-26-21(16-19-6-2-3-8-22(19)30-26)23-17-28-25(29-23)24-9-11-31(12-13-32(24)14-15-33)18-20-7-4-5-10-27-20/h2-8,10,15-17,24H,9,11-14,18H2,1H3,(H,28,29). The van der Waals surface area contributed by atoms with E-state index < -0.39 is 0 Å². The number of nitrogens with zero attached hydrogens (tertiary/aromatic N) is 5. The fourth-order valence-electron chi connectivity index (χ4n) is 4.62. The highest BCUT2D eigenvalue weighted by atomic mass is 16.5. The molecule has 0 bridgehead atoms. The molecule has 0 radical (unpaired) electrons. The van der Waals surface area contributed by atoms with Gasteiger partial charge in [-0.1, -0.05) is 24.3 Å². The van der Waals surface area contributed by atoms with Crippen molar-refractivity contribution in [2.45, 2.75) is 19.0 Å². The summed E-state index contributed by atoms with van der Waals surface area (Å²) in [6.07, 6.45) is 5.50. The Morgan fingerprint density at radius 2 is 2.00 bits per heavy atom. The molecular formula is C26H28N6O2. The summed E-state index contributed by atoms with van der Waals surface area (Å²) in [5.74, 6) is 1.41. The molecule has 5 rings (SSSR count). The molecule has 0 saturated carbocycles. The Hall–Kier alpha value is -3.62. The molecule has 1 aromatic carbocycles. The SMILES string of the molecule is COc1nc2ccccc2cc1-c1cnc(C2CCN(Cc3ccccn3)CCN2CC=O)[nH]1. The number of ether oxygens (including phenoxy) is 1. The Balaban J connectivity index is 1.40. The Bertz CT molecular complexity index is 1260. The molecule has 174 valence electrons. The van der Waals surface area contributed by atoms with E-state index in [1.165, 1.54) is 0 Å². The Morgan fingerprint density at radius 1 is 1.12 bits per heavy atom. The largest absolute Gasteiger partial charge is 0.480 e. The molecule has 8 heteroatoms. The van der Waals surface area contributed by atoms with E-state index in [0.717, 1.165) is 72.6 Å². The number of methoxy groups -OCH3 is 1. The first-order valence-corrected chi connectivity index (χ1v) is 11.5. The van der Waals surface area contributed by atoms with E-state index in [1.807, 2.05) is 48.8 Å². The van der Waals surface area contributed by atoms with Crippen LogP contribution in [0.5, 0.6) is 5.88 Å². The van der Waals surface area contributed by atoms with E-state index in [0.29, 0.717) is 12.4 Å². The molecule has 4 heterocycles. The topological polar surface area (TPSA) is 87.2 Å². The van der Waals surface area contributed by atoms with Crippen LogP contribution in [0, 0.1) is 0 Å². The number of aldehydes is 1. The van der Waals surface area contributed by atoms with E-state index in [4.69, 9.17) is 9.72 Å². The molecule has 3 aromatic heterocycles. The lowest BCUT2D eigenvalue weighted by molar-refractivity contribution is -0.109. The van der Waals surface area contributed by atoms with Crippen LogP contribution in [-0.4, -0.2) is 69.3 Å². The van der Waals surface area contributed by atoms with Gasteiger partial charge in [-0.3, -0.25) is 14.8 Å². The van der Waals surface area contributed by atoms with Crippen molar-refractivity contribution in [1.29, 1.82) is 0 Å².